The summed E-state index contributed by atoms with van der Waals surface area (Å²) in [4.78, 5) is 29.7. The summed E-state index contributed by atoms with van der Waals surface area (Å²) < 4.78 is 0. The van der Waals surface area contributed by atoms with Crippen molar-refractivity contribution in [2.45, 2.75) is 31.8 Å². The average molecular weight is 472 g/mol. The second-order valence-corrected chi connectivity index (χ2v) is 9.36. The van der Waals surface area contributed by atoms with Crippen molar-refractivity contribution in [3.8, 4) is 17.2 Å². The Kier molecular flexibility index (Phi) is 6.72. The Morgan fingerprint density at radius 3 is 2.06 bits per heavy atom. The van der Waals surface area contributed by atoms with Crippen molar-refractivity contribution in [3.05, 3.63) is 94.5 Å². The molecule has 6 heteroatoms. The molecule has 0 spiro atoms. The summed E-state index contributed by atoms with van der Waals surface area (Å²) in [7, 11) is 1.77. The molecule has 3 aromatic rings. The Morgan fingerprint density at radius 1 is 0.971 bits per heavy atom. The van der Waals surface area contributed by atoms with Crippen LogP contribution in [0.3, 0.4) is 0 Å². The first-order valence-electron chi connectivity index (χ1n) is 11.2. The molecule has 0 N–H and O–H groups in total. The molecule has 172 valence electrons. The van der Waals surface area contributed by atoms with Crippen molar-refractivity contribution in [2.75, 3.05) is 13.6 Å². The zero-order valence-corrected chi connectivity index (χ0v) is 20.0. The standard InChI is InChI=1S/C28H26ClN3O2/c1-28(27(34)31(2)19-22-7-13-25(29)14-8-22)15-16-32(28)26(33)17-20-3-9-23(10-4-20)24-11-5-21(18-30)6-12-24/h3-14H,15-17,19H2,1-2H3. The third kappa shape index (κ3) is 4.83. The highest BCUT2D eigenvalue weighted by Gasteiger charge is 2.50. The fourth-order valence-corrected chi connectivity index (χ4v) is 4.48. The maximum atomic E-state index is 13.2. The van der Waals surface area contributed by atoms with E-state index in [-0.39, 0.29) is 18.2 Å². The molecule has 1 aliphatic rings. The van der Waals surface area contributed by atoms with Gasteiger partial charge in [0.2, 0.25) is 11.8 Å². The number of carbonyl (C=O) groups is 2. The zero-order chi connectivity index (χ0) is 24.3. The van der Waals surface area contributed by atoms with Crippen LogP contribution >= 0.6 is 11.6 Å². The first-order valence-corrected chi connectivity index (χ1v) is 11.6. The molecule has 1 atom stereocenters. The molecule has 0 aliphatic carbocycles. The van der Waals surface area contributed by atoms with Gasteiger partial charge in [-0.2, -0.15) is 5.26 Å². The zero-order valence-electron chi connectivity index (χ0n) is 19.3. The van der Waals surface area contributed by atoms with E-state index in [0.29, 0.717) is 30.1 Å². The van der Waals surface area contributed by atoms with Crippen molar-refractivity contribution in [1.29, 1.82) is 5.26 Å². The van der Waals surface area contributed by atoms with Crippen LogP contribution in [0.1, 0.15) is 30.0 Å². The maximum absolute atomic E-state index is 13.2. The lowest BCUT2D eigenvalue weighted by molar-refractivity contribution is -0.163. The van der Waals surface area contributed by atoms with E-state index in [0.717, 1.165) is 22.3 Å². The number of carbonyl (C=O) groups excluding carboxylic acids is 2. The van der Waals surface area contributed by atoms with E-state index < -0.39 is 5.54 Å². The lowest BCUT2D eigenvalue weighted by atomic mass is 9.84. The summed E-state index contributed by atoms with van der Waals surface area (Å²) in [6.07, 6.45) is 0.900. The van der Waals surface area contributed by atoms with Crippen LogP contribution in [-0.4, -0.2) is 40.7 Å². The fraction of sp³-hybridized carbons (Fsp3) is 0.250. The number of hydrogen-bond acceptors (Lipinski definition) is 3. The SMILES string of the molecule is CN(Cc1ccc(Cl)cc1)C(=O)C1(C)CCN1C(=O)Cc1ccc(-c2ccc(C#N)cc2)cc1. The van der Waals surface area contributed by atoms with E-state index in [1.165, 1.54) is 0 Å². The molecule has 4 rings (SSSR count). The van der Waals surface area contributed by atoms with E-state index in [1.54, 1.807) is 29.0 Å². The number of nitriles is 1. The fourth-order valence-electron chi connectivity index (χ4n) is 4.35. The van der Waals surface area contributed by atoms with Crippen LogP contribution in [0.4, 0.5) is 0 Å². The van der Waals surface area contributed by atoms with Gasteiger partial charge in [-0.05, 0) is 59.9 Å². The molecule has 1 saturated heterocycles. The minimum absolute atomic E-state index is 0.0480. The molecule has 1 heterocycles. The number of likely N-dealkylation sites (N-methyl/N-ethyl adjacent to an activating group) is 1. The van der Waals surface area contributed by atoms with E-state index >= 15 is 0 Å². The van der Waals surface area contributed by atoms with Crippen LogP contribution in [0.5, 0.6) is 0 Å². The van der Waals surface area contributed by atoms with Gasteiger partial charge >= 0.3 is 0 Å². The van der Waals surface area contributed by atoms with E-state index in [1.807, 2.05) is 67.6 Å². The quantitative estimate of drug-likeness (QED) is 0.504. The van der Waals surface area contributed by atoms with Gasteiger partial charge in [0, 0.05) is 25.2 Å². The normalized spacial score (nSPS) is 16.9. The van der Waals surface area contributed by atoms with Gasteiger partial charge in [-0.1, -0.05) is 60.1 Å². The van der Waals surface area contributed by atoms with Crippen molar-refractivity contribution in [1.82, 2.24) is 9.80 Å². The molecule has 1 unspecified atom stereocenters. The van der Waals surface area contributed by atoms with Gasteiger partial charge in [-0.15, -0.1) is 0 Å². The molecule has 0 radical (unpaired) electrons. The van der Waals surface area contributed by atoms with E-state index in [2.05, 4.69) is 6.07 Å². The topological polar surface area (TPSA) is 64.4 Å². The smallest absolute Gasteiger partial charge is 0.248 e. The summed E-state index contributed by atoms with van der Waals surface area (Å²) in [6, 6.07) is 24.8. The Bertz CT molecular complexity index is 1230. The molecule has 0 saturated carbocycles. The molecular formula is C28H26ClN3O2. The Hall–Kier alpha value is -3.62. The lowest BCUT2D eigenvalue weighted by Crippen LogP contribution is -2.67. The average Bonchev–Trinajstić information content (AvgIpc) is 2.84. The predicted molar refractivity (Wildman–Crippen MR) is 133 cm³/mol. The van der Waals surface area contributed by atoms with Crippen LogP contribution in [0.15, 0.2) is 72.8 Å². The minimum Gasteiger partial charge on any atom is -0.339 e. The molecular weight excluding hydrogens is 446 g/mol. The van der Waals surface area contributed by atoms with Gasteiger partial charge < -0.3 is 9.80 Å². The first kappa shape index (κ1) is 23.5. The highest BCUT2D eigenvalue weighted by molar-refractivity contribution is 6.30. The lowest BCUT2D eigenvalue weighted by Gasteiger charge is -2.50. The molecule has 1 aliphatic heterocycles. The molecule has 0 bridgehead atoms. The number of halogens is 1. The monoisotopic (exact) mass is 471 g/mol. The number of likely N-dealkylation sites (tertiary alicyclic amines) is 1. The second kappa shape index (κ2) is 9.70. The number of hydrogen-bond donors (Lipinski definition) is 0. The number of benzene rings is 3. The van der Waals surface area contributed by atoms with Gasteiger partial charge in [0.25, 0.3) is 0 Å². The molecule has 1 fully saturated rings. The van der Waals surface area contributed by atoms with Crippen molar-refractivity contribution < 1.29 is 9.59 Å². The largest absolute Gasteiger partial charge is 0.339 e. The van der Waals surface area contributed by atoms with E-state index in [4.69, 9.17) is 16.9 Å². The van der Waals surface area contributed by atoms with Gasteiger partial charge in [0.15, 0.2) is 0 Å². The molecule has 2 amide bonds. The molecule has 5 nitrogen and oxygen atoms in total. The number of rotatable bonds is 6. The van der Waals surface area contributed by atoms with Crippen LogP contribution in [0, 0.1) is 11.3 Å². The molecule has 0 aromatic heterocycles. The summed E-state index contributed by atoms with van der Waals surface area (Å²) in [5.41, 5.74) is 3.73. The predicted octanol–water partition coefficient (Wildman–Crippen LogP) is 5.07. The Morgan fingerprint density at radius 2 is 1.53 bits per heavy atom. The molecule has 3 aromatic carbocycles. The second-order valence-electron chi connectivity index (χ2n) is 8.92. The van der Waals surface area contributed by atoms with Crippen LogP contribution in [0.2, 0.25) is 5.02 Å². The summed E-state index contributed by atoms with van der Waals surface area (Å²) in [5, 5.41) is 9.61. The van der Waals surface area contributed by atoms with Crippen LogP contribution in [-0.2, 0) is 22.6 Å². The number of amides is 2. The Labute approximate surface area is 205 Å². The van der Waals surface area contributed by atoms with Gasteiger partial charge in [-0.25, -0.2) is 0 Å². The summed E-state index contributed by atoms with van der Waals surface area (Å²) in [5.74, 6) is -0.105. The summed E-state index contributed by atoms with van der Waals surface area (Å²) >= 11 is 5.95. The highest BCUT2D eigenvalue weighted by Crippen LogP contribution is 2.33. The third-order valence-electron chi connectivity index (χ3n) is 6.52. The van der Waals surface area contributed by atoms with Crippen molar-refractivity contribution in [3.63, 3.8) is 0 Å². The van der Waals surface area contributed by atoms with E-state index in [9.17, 15) is 9.59 Å². The Balaban J connectivity index is 1.39. The van der Waals surface area contributed by atoms with Crippen LogP contribution < -0.4 is 0 Å². The van der Waals surface area contributed by atoms with Gasteiger partial charge in [-0.3, -0.25) is 9.59 Å². The third-order valence-corrected chi connectivity index (χ3v) is 6.77. The summed E-state index contributed by atoms with van der Waals surface area (Å²) in [6.45, 7) is 2.90. The molecule has 34 heavy (non-hydrogen) atoms. The first-order chi connectivity index (χ1) is 16.3. The maximum Gasteiger partial charge on any atom is 0.248 e. The highest BCUT2D eigenvalue weighted by atomic mass is 35.5. The number of nitrogens with zero attached hydrogens (tertiary/aromatic N) is 3. The van der Waals surface area contributed by atoms with Crippen molar-refractivity contribution >= 4 is 23.4 Å². The van der Waals surface area contributed by atoms with Gasteiger partial charge in [0.05, 0.1) is 18.1 Å². The van der Waals surface area contributed by atoms with Crippen LogP contribution in [0.25, 0.3) is 11.1 Å². The van der Waals surface area contributed by atoms with Crippen molar-refractivity contribution in [2.24, 2.45) is 0 Å². The van der Waals surface area contributed by atoms with Gasteiger partial charge in [0.1, 0.15) is 5.54 Å². The minimum atomic E-state index is -0.819.